The summed E-state index contributed by atoms with van der Waals surface area (Å²) >= 11 is 0. The summed E-state index contributed by atoms with van der Waals surface area (Å²) in [7, 11) is -0.987. The van der Waals surface area contributed by atoms with Crippen LogP contribution in [0.25, 0.3) is 0 Å². The molecule has 1 aliphatic rings. The second-order valence-corrected chi connectivity index (χ2v) is 9.60. The summed E-state index contributed by atoms with van der Waals surface area (Å²) in [5, 5.41) is 5.20. The van der Waals surface area contributed by atoms with Crippen molar-refractivity contribution >= 4 is 28.0 Å². The van der Waals surface area contributed by atoms with E-state index in [2.05, 4.69) is 10.6 Å². The van der Waals surface area contributed by atoms with Crippen molar-refractivity contribution in [1.82, 2.24) is 14.9 Å². The summed E-state index contributed by atoms with van der Waals surface area (Å²) < 4.78 is 36.2. The maximum atomic E-state index is 12.7. The number of hydrogen-bond acceptors (Lipinski definition) is 7. The van der Waals surface area contributed by atoms with Crippen LogP contribution in [0.5, 0.6) is 0 Å². The van der Waals surface area contributed by atoms with Crippen molar-refractivity contribution in [3.8, 4) is 0 Å². The molecule has 1 unspecified atom stereocenters. The number of urea groups is 1. The third-order valence-electron chi connectivity index (χ3n) is 4.98. The van der Waals surface area contributed by atoms with Gasteiger partial charge in [-0.1, -0.05) is 36.4 Å². The van der Waals surface area contributed by atoms with Gasteiger partial charge in [0, 0.05) is 14.1 Å². The van der Waals surface area contributed by atoms with E-state index in [1.807, 2.05) is 0 Å². The zero-order valence-electron chi connectivity index (χ0n) is 18.9. The number of carbonyl (C=O) groups is 3. The Kier molecular flexibility index (Phi) is 7.69. The van der Waals surface area contributed by atoms with Gasteiger partial charge in [-0.05, 0) is 30.7 Å². The van der Waals surface area contributed by atoms with E-state index in [0.717, 1.165) is 4.31 Å². The zero-order chi connectivity index (χ0) is 24.9. The molecule has 0 saturated heterocycles. The molecule has 1 heterocycles. The van der Waals surface area contributed by atoms with Crippen molar-refractivity contribution in [1.29, 1.82) is 0 Å². The number of amides is 2. The van der Waals surface area contributed by atoms with E-state index in [1.54, 1.807) is 37.3 Å². The summed E-state index contributed by atoms with van der Waals surface area (Å²) in [6, 6.07) is 12.8. The molecule has 180 valence electrons. The molecule has 0 bridgehead atoms. The van der Waals surface area contributed by atoms with Crippen molar-refractivity contribution in [3.05, 3.63) is 77.0 Å². The van der Waals surface area contributed by atoms with Gasteiger partial charge in [0.25, 0.3) is 0 Å². The molecular formula is C23H25N3O7S. The third-order valence-corrected chi connectivity index (χ3v) is 6.79. The van der Waals surface area contributed by atoms with Crippen LogP contribution in [0, 0.1) is 0 Å². The largest absolute Gasteiger partial charge is 0.463 e. The number of hydrogen-bond donors (Lipinski definition) is 2. The Morgan fingerprint density at radius 3 is 2.35 bits per heavy atom. The lowest BCUT2D eigenvalue weighted by Gasteiger charge is -2.29. The van der Waals surface area contributed by atoms with Gasteiger partial charge in [-0.25, -0.2) is 27.1 Å². The van der Waals surface area contributed by atoms with E-state index < -0.39 is 40.6 Å². The maximum Gasteiger partial charge on any atom is 0.338 e. The number of sulfonamides is 1. The first-order chi connectivity index (χ1) is 16.1. The highest BCUT2D eigenvalue weighted by atomic mass is 32.2. The summed E-state index contributed by atoms with van der Waals surface area (Å²) in [4.78, 5) is 37.6. The Balaban J connectivity index is 1.90. The van der Waals surface area contributed by atoms with E-state index in [1.165, 1.54) is 38.4 Å². The zero-order valence-corrected chi connectivity index (χ0v) is 19.7. The fourth-order valence-corrected chi connectivity index (χ4v) is 4.24. The van der Waals surface area contributed by atoms with Gasteiger partial charge in [-0.15, -0.1) is 0 Å². The van der Waals surface area contributed by atoms with Gasteiger partial charge in [0.15, 0.2) is 0 Å². The molecule has 34 heavy (non-hydrogen) atoms. The van der Waals surface area contributed by atoms with Crippen LogP contribution in [0.15, 0.2) is 70.8 Å². The molecular weight excluding hydrogens is 462 g/mol. The Labute approximate surface area is 197 Å². The highest BCUT2D eigenvalue weighted by molar-refractivity contribution is 7.89. The quantitative estimate of drug-likeness (QED) is 0.544. The Hall–Kier alpha value is -3.70. The van der Waals surface area contributed by atoms with Crippen LogP contribution in [-0.4, -0.2) is 58.0 Å². The van der Waals surface area contributed by atoms with Crippen LogP contribution < -0.4 is 10.6 Å². The lowest BCUT2D eigenvalue weighted by atomic mass is 9.95. The van der Waals surface area contributed by atoms with E-state index in [0.29, 0.717) is 5.56 Å². The predicted molar refractivity (Wildman–Crippen MR) is 122 cm³/mol. The molecule has 10 nitrogen and oxygen atoms in total. The van der Waals surface area contributed by atoms with Gasteiger partial charge in [0.2, 0.25) is 10.0 Å². The van der Waals surface area contributed by atoms with Crippen molar-refractivity contribution in [2.75, 3.05) is 27.3 Å². The Bertz CT molecular complexity index is 1220. The fraction of sp³-hybridized carbons (Fsp3) is 0.261. The van der Waals surface area contributed by atoms with Gasteiger partial charge in [-0.2, -0.15) is 0 Å². The van der Waals surface area contributed by atoms with Crippen LogP contribution in [0.2, 0.25) is 0 Å². The molecule has 3 rings (SSSR count). The van der Waals surface area contributed by atoms with Crippen LogP contribution in [0.1, 0.15) is 28.9 Å². The average Bonchev–Trinajstić information content (AvgIpc) is 2.82. The molecule has 0 aromatic heterocycles. The van der Waals surface area contributed by atoms with Gasteiger partial charge in [0.1, 0.15) is 6.61 Å². The molecule has 2 aromatic rings. The molecule has 11 heteroatoms. The topological polar surface area (TPSA) is 131 Å². The molecule has 1 aliphatic heterocycles. The normalized spacial score (nSPS) is 16.0. The highest BCUT2D eigenvalue weighted by Gasteiger charge is 2.34. The molecule has 2 aromatic carbocycles. The lowest BCUT2D eigenvalue weighted by Crippen LogP contribution is -2.47. The predicted octanol–water partition coefficient (Wildman–Crippen LogP) is 1.96. The molecule has 0 radical (unpaired) electrons. The second-order valence-electron chi connectivity index (χ2n) is 7.45. The molecule has 0 fully saturated rings. The van der Waals surface area contributed by atoms with Gasteiger partial charge >= 0.3 is 18.0 Å². The van der Waals surface area contributed by atoms with Crippen LogP contribution in [-0.2, 0) is 24.3 Å². The SMILES string of the molecule is CCOC(=O)C1=C(COC(=O)c2cccc(S(=O)(=O)N(C)C)c2)NC(=O)NC1c1ccccc1. The standard InChI is InChI=1S/C23H25N3O7S/c1-4-32-22(28)19-18(24-23(29)25-20(19)15-9-6-5-7-10-15)14-33-21(27)16-11-8-12-17(13-16)34(30,31)26(2)3/h5-13,20H,4,14H2,1-3H3,(H2,24,25,29). The Morgan fingerprint density at radius 2 is 1.71 bits per heavy atom. The van der Waals surface area contributed by atoms with Crippen molar-refractivity contribution in [2.24, 2.45) is 0 Å². The molecule has 1 atom stereocenters. The van der Waals surface area contributed by atoms with Crippen LogP contribution in [0.3, 0.4) is 0 Å². The number of nitrogens with one attached hydrogen (secondary N) is 2. The minimum atomic E-state index is -3.75. The van der Waals surface area contributed by atoms with E-state index in [9.17, 15) is 22.8 Å². The summed E-state index contributed by atoms with van der Waals surface area (Å²) in [5.74, 6) is -1.50. The van der Waals surface area contributed by atoms with Crippen molar-refractivity contribution in [2.45, 2.75) is 17.9 Å². The molecule has 0 spiro atoms. The number of nitrogens with zero attached hydrogens (tertiary/aromatic N) is 1. The second kappa shape index (κ2) is 10.5. The Morgan fingerprint density at radius 1 is 1.00 bits per heavy atom. The summed E-state index contributed by atoms with van der Waals surface area (Å²) in [6.45, 7) is 1.33. The summed E-state index contributed by atoms with van der Waals surface area (Å²) in [6.07, 6.45) is 0. The number of ether oxygens (including phenoxy) is 2. The molecule has 0 aliphatic carbocycles. The first kappa shape index (κ1) is 24.9. The monoisotopic (exact) mass is 487 g/mol. The third kappa shape index (κ3) is 5.43. The smallest absolute Gasteiger partial charge is 0.338 e. The fourth-order valence-electron chi connectivity index (χ4n) is 3.29. The molecule has 2 amide bonds. The molecule has 0 saturated carbocycles. The number of carbonyl (C=O) groups excluding carboxylic acids is 3. The lowest BCUT2D eigenvalue weighted by molar-refractivity contribution is -0.139. The van der Waals surface area contributed by atoms with Gasteiger partial charge < -0.3 is 20.1 Å². The maximum absolute atomic E-state index is 12.7. The van der Waals surface area contributed by atoms with Crippen LogP contribution in [0.4, 0.5) is 4.79 Å². The summed E-state index contributed by atoms with van der Waals surface area (Å²) in [5.41, 5.74) is 0.817. The first-order valence-corrected chi connectivity index (χ1v) is 11.8. The number of esters is 2. The minimum Gasteiger partial charge on any atom is -0.463 e. The first-order valence-electron chi connectivity index (χ1n) is 10.4. The highest BCUT2D eigenvalue weighted by Crippen LogP contribution is 2.28. The van der Waals surface area contributed by atoms with E-state index in [4.69, 9.17) is 9.47 Å². The number of rotatable bonds is 8. The number of benzene rings is 2. The van der Waals surface area contributed by atoms with Crippen molar-refractivity contribution in [3.63, 3.8) is 0 Å². The molecule has 2 N–H and O–H groups in total. The van der Waals surface area contributed by atoms with Gasteiger partial charge in [0.05, 0.1) is 34.4 Å². The van der Waals surface area contributed by atoms with Crippen molar-refractivity contribution < 1.29 is 32.3 Å². The van der Waals surface area contributed by atoms with Gasteiger partial charge in [-0.3, -0.25) is 0 Å². The van der Waals surface area contributed by atoms with E-state index in [-0.39, 0.29) is 28.3 Å². The van der Waals surface area contributed by atoms with E-state index >= 15 is 0 Å². The van der Waals surface area contributed by atoms with Crippen LogP contribution >= 0.6 is 0 Å². The minimum absolute atomic E-state index is 0.00100. The average molecular weight is 488 g/mol.